The van der Waals surface area contributed by atoms with Gasteiger partial charge < -0.3 is 4.74 Å². The van der Waals surface area contributed by atoms with Gasteiger partial charge in [0.2, 0.25) is 5.91 Å². The zero-order valence-corrected chi connectivity index (χ0v) is 15.0. The van der Waals surface area contributed by atoms with Crippen LogP contribution in [0.15, 0.2) is 23.3 Å². The maximum Gasteiger partial charge on any atom is 0.240 e. The number of nitrogens with one attached hydrogen (secondary N) is 1. The van der Waals surface area contributed by atoms with Crippen LogP contribution in [0.5, 0.6) is 5.75 Å². The van der Waals surface area contributed by atoms with Crippen molar-refractivity contribution in [3.8, 4) is 5.75 Å². The Bertz CT molecular complexity index is 507. The molecule has 0 radical (unpaired) electrons. The summed E-state index contributed by atoms with van der Waals surface area (Å²) < 4.78 is 5.51. The molecule has 23 heavy (non-hydrogen) atoms. The standard InChI is InChI=1S/C17H24Cl2N2O2/c1-2-3-4-5-6-11-20-21-17(22)8-7-12-23-16-10-9-14(18)13-15(16)19/h9-11,13H,2-8,12H2,1H3,(H,21,22). The molecule has 4 nitrogen and oxygen atoms in total. The van der Waals surface area contributed by atoms with Gasteiger partial charge >= 0.3 is 0 Å². The highest BCUT2D eigenvalue weighted by Gasteiger charge is 2.03. The maximum absolute atomic E-state index is 11.6. The Morgan fingerprint density at radius 1 is 1.26 bits per heavy atom. The summed E-state index contributed by atoms with van der Waals surface area (Å²) in [5.41, 5.74) is 2.52. The van der Waals surface area contributed by atoms with Crippen molar-refractivity contribution in [2.45, 2.75) is 51.9 Å². The molecule has 0 spiro atoms. The lowest BCUT2D eigenvalue weighted by atomic mass is 10.2. The number of hydrazone groups is 1. The number of ether oxygens (including phenoxy) is 1. The largest absolute Gasteiger partial charge is 0.492 e. The van der Waals surface area contributed by atoms with Gasteiger partial charge in [-0.25, -0.2) is 5.43 Å². The van der Waals surface area contributed by atoms with Crippen LogP contribution in [0.4, 0.5) is 0 Å². The van der Waals surface area contributed by atoms with Crippen LogP contribution in [-0.2, 0) is 4.79 Å². The summed E-state index contributed by atoms with van der Waals surface area (Å²) in [5.74, 6) is 0.460. The third kappa shape index (κ3) is 9.47. The first-order valence-electron chi connectivity index (χ1n) is 8.01. The number of hydrogen-bond acceptors (Lipinski definition) is 3. The van der Waals surface area contributed by atoms with Gasteiger partial charge in [-0.1, -0.05) is 49.4 Å². The highest BCUT2D eigenvalue weighted by Crippen LogP contribution is 2.27. The van der Waals surface area contributed by atoms with E-state index in [9.17, 15) is 4.79 Å². The minimum absolute atomic E-state index is 0.111. The monoisotopic (exact) mass is 358 g/mol. The molecule has 128 valence electrons. The van der Waals surface area contributed by atoms with Gasteiger partial charge in [0.25, 0.3) is 0 Å². The van der Waals surface area contributed by atoms with Gasteiger partial charge in [0.05, 0.1) is 11.6 Å². The second-order valence-corrected chi connectivity index (χ2v) is 6.07. The molecule has 0 saturated carbocycles. The topological polar surface area (TPSA) is 50.7 Å². The predicted octanol–water partition coefficient (Wildman–Crippen LogP) is 5.22. The number of nitrogens with zero attached hydrogens (tertiary/aromatic N) is 1. The van der Waals surface area contributed by atoms with E-state index in [1.54, 1.807) is 24.4 Å². The second kappa shape index (κ2) is 12.2. The fourth-order valence-electron chi connectivity index (χ4n) is 1.91. The van der Waals surface area contributed by atoms with E-state index in [2.05, 4.69) is 17.5 Å². The first kappa shape index (κ1) is 19.8. The van der Waals surface area contributed by atoms with Gasteiger partial charge in [-0.05, 0) is 37.5 Å². The van der Waals surface area contributed by atoms with Crippen molar-refractivity contribution in [1.82, 2.24) is 5.43 Å². The molecule has 0 saturated heterocycles. The first-order chi connectivity index (χ1) is 11.1. The summed E-state index contributed by atoms with van der Waals surface area (Å²) in [7, 11) is 0. The van der Waals surface area contributed by atoms with E-state index in [-0.39, 0.29) is 5.91 Å². The predicted molar refractivity (Wildman–Crippen MR) is 96.6 cm³/mol. The normalized spacial score (nSPS) is 10.9. The quantitative estimate of drug-likeness (QED) is 0.334. The van der Waals surface area contributed by atoms with Crippen molar-refractivity contribution in [1.29, 1.82) is 0 Å². The number of amides is 1. The van der Waals surface area contributed by atoms with Crippen LogP contribution >= 0.6 is 23.2 Å². The Balaban J connectivity index is 2.08. The third-order valence-electron chi connectivity index (χ3n) is 3.17. The van der Waals surface area contributed by atoms with Gasteiger partial charge in [-0.2, -0.15) is 5.10 Å². The average Bonchev–Trinajstić information content (AvgIpc) is 2.52. The lowest BCUT2D eigenvalue weighted by molar-refractivity contribution is -0.121. The zero-order valence-electron chi connectivity index (χ0n) is 13.5. The lowest BCUT2D eigenvalue weighted by Crippen LogP contribution is -2.17. The second-order valence-electron chi connectivity index (χ2n) is 5.22. The molecule has 0 unspecified atom stereocenters. The number of unbranched alkanes of at least 4 members (excludes halogenated alkanes) is 4. The van der Waals surface area contributed by atoms with Gasteiger partial charge in [-0.3, -0.25) is 4.79 Å². The number of rotatable bonds is 11. The summed E-state index contributed by atoms with van der Waals surface area (Å²) in [6.45, 7) is 2.59. The van der Waals surface area contributed by atoms with Crippen LogP contribution in [0.2, 0.25) is 10.0 Å². The number of carbonyl (C=O) groups excluding carboxylic acids is 1. The summed E-state index contributed by atoms with van der Waals surface area (Å²) >= 11 is 11.8. The van der Waals surface area contributed by atoms with Crippen LogP contribution in [0.25, 0.3) is 0 Å². The zero-order chi connectivity index (χ0) is 16.9. The minimum Gasteiger partial charge on any atom is -0.492 e. The fourth-order valence-corrected chi connectivity index (χ4v) is 2.37. The van der Waals surface area contributed by atoms with Crippen molar-refractivity contribution in [3.05, 3.63) is 28.2 Å². The summed E-state index contributed by atoms with van der Waals surface area (Å²) in [6, 6.07) is 5.05. The Kier molecular flexibility index (Phi) is 10.5. The number of halogens is 2. The molecule has 1 amide bonds. The molecule has 0 aliphatic rings. The van der Waals surface area contributed by atoms with Crippen LogP contribution in [-0.4, -0.2) is 18.7 Å². The van der Waals surface area contributed by atoms with E-state index in [0.29, 0.717) is 35.2 Å². The molecule has 1 N–H and O–H groups in total. The van der Waals surface area contributed by atoms with Gasteiger partial charge in [0.1, 0.15) is 5.75 Å². The Morgan fingerprint density at radius 3 is 2.83 bits per heavy atom. The molecule has 0 atom stereocenters. The van der Waals surface area contributed by atoms with E-state index in [0.717, 1.165) is 12.8 Å². The van der Waals surface area contributed by atoms with Gasteiger partial charge in [0, 0.05) is 17.7 Å². The highest BCUT2D eigenvalue weighted by molar-refractivity contribution is 6.35. The van der Waals surface area contributed by atoms with Crippen molar-refractivity contribution >= 4 is 35.3 Å². The molecule has 0 aliphatic carbocycles. The van der Waals surface area contributed by atoms with E-state index in [4.69, 9.17) is 27.9 Å². The average molecular weight is 359 g/mol. The lowest BCUT2D eigenvalue weighted by Gasteiger charge is -2.07. The van der Waals surface area contributed by atoms with E-state index >= 15 is 0 Å². The number of hydrogen-bond donors (Lipinski definition) is 1. The molecule has 0 heterocycles. The fraction of sp³-hybridized carbons (Fsp3) is 0.529. The summed E-state index contributed by atoms with van der Waals surface area (Å²) in [5, 5.41) is 4.96. The smallest absolute Gasteiger partial charge is 0.240 e. The first-order valence-corrected chi connectivity index (χ1v) is 8.77. The van der Waals surface area contributed by atoms with Crippen LogP contribution in [0, 0.1) is 0 Å². The minimum atomic E-state index is -0.111. The Hall–Kier alpha value is -1.26. The highest BCUT2D eigenvalue weighted by atomic mass is 35.5. The van der Waals surface area contributed by atoms with Crippen molar-refractivity contribution < 1.29 is 9.53 Å². The molecule has 1 aromatic rings. The molecular weight excluding hydrogens is 335 g/mol. The van der Waals surface area contributed by atoms with Gasteiger partial charge in [0.15, 0.2) is 0 Å². The molecule has 0 bridgehead atoms. The molecule has 0 aromatic heterocycles. The molecule has 1 aromatic carbocycles. The van der Waals surface area contributed by atoms with E-state index in [1.165, 1.54) is 19.3 Å². The van der Waals surface area contributed by atoms with Crippen molar-refractivity contribution in [3.63, 3.8) is 0 Å². The SMILES string of the molecule is CCCCCCC=NNC(=O)CCCOc1ccc(Cl)cc1Cl. The molecular formula is C17H24Cl2N2O2. The van der Waals surface area contributed by atoms with E-state index < -0.39 is 0 Å². The Labute approximate surface area is 148 Å². The molecule has 6 heteroatoms. The van der Waals surface area contributed by atoms with Gasteiger partial charge in [-0.15, -0.1) is 0 Å². The van der Waals surface area contributed by atoms with Crippen LogP contribution < -0.4 is 10.2 Å². The summed E-state index contributed by atoms with van der Waals surface area (Å²) in [6.07, 6.45) is 8.41. The molecule has 0 aliphatic heterocycles. The molecule has 1 rings (SSSR count). The maximum atomic E-state index is 11.6. The van der Waals surface area contributed by atoms with Crippen LogP contribution in [0.1, 0.15) is 51.9 Å². The van der Waals surface area contributed by atoms with Crippen molar-refractivity contribution in [2.24, 2.45) is 5.10 Å². The number of carbonyl (C=O) groups is 1. The van der Waals surface area contributed by atoms with Crippen molar-refractivity contribution in [2.75, 3.05) is 6.61 Å². The summed E-state index contributed by atoms with van der Waals surface area (Å²) in [4.78, 5) is 11.6. The molecule has 0 fully saturated rings. The van der Waals surface area contributed by atoms with E-state index in [1.807, 2.05) is 0 Å². The number of benzene rings is 1. The third-order valence-corrected chi connectivity index (χ3v) is 3.70. The van der Waals surface area contributed by atoms with Crippen LogP contribution in [0.3, 0.4) is 0 Å². The Morgan fingerprint density at radius 2 is 2.09 bits per heavy atom.